The van der Waals surface area contributed by atoms with Gasteiger partial charge in [0, 0.05) is 5.02 Å². The van der Waals surface area contributed by atoms with Crippen LogP contribution in [-0.2, 0) is 24.4 Å². The molecule has 166 valence electrons. The fourth-order valence-electron chi connectivity index (χ4n) is 3.81. The summed E-state index contributed by atoms with van der Waals surface area (Å²) in [5.41, 5.74) is -5.86. The number of sulfone groups is 2. The van der Waals surface area contributed by atoms with E-state index in [9.17, 15) is 39.7 Å². The number of benzene rings is 2. The minimum atomic E-state index is -5.48. The Labute approximate surface area is 181 Å². The third-order valence-corrected chi connectivity index (χ3v) is 9.62. The molecular weight excluding hydrogens is 482 g/mol. The highest BCUT2D eigenvalue weighted by molar-refractivity contribution is 7.93. The Kier molecular flexibility index (Phi) is 5.88. The summed E-state index contributed by atoms with van der Waals surface area (Å²) < 4.78 is 100. The Morgan fingerprint density at radius 1 is 1.06 bits per heavy atom. The van der Waals surface area contributed by atoms with E-state index < -0.39 is 60.3 Å². The molecule has 0 aromatic heterocycles. The first-order chi connectivity index (χ1) is 14.2. The number of hydrogen-bond donors (Lipinski definition) is 0. The number of halogens is 5. The average molecular weight is 496 g/mol. The molecule has 0 amide bonds. The summed E-state index contributed by atoms with van der Waals surface area (Å²) in [5.74, 6) is -3.29. The van der Waals surface area contributed by atoms with Crippen molar-refractivity contribution in [1.29, 1.82) is 5.26 Å². The van der Waals surface area contributed by atoms with Gasteiger partial charge in [-0.3, -0.25) is 0 Å². The van der Waals surface area contributed by atoms with Crippen molar-refractivity contribution in [2.24, 2.45) is 5.92 Å². The summed E-state index contributed by atoms with van der Waals surface area (Å²) in [6.45, 7) is 0. The van der Waals surface area contributed by atoms with Crippen molar-refractivity contribution in [3.63, 3.8) is 0 Å². The van der Waals surface area contributed by atoms with Gasteiger partial charge in [0.1, 0.15) is 10.6 Å². The number of rotatable bonds is 5. The molecule has 0 heterocycles. The van der Waals surface area contributed by atoms with E-state index in [4.69, 9.17) is 11.6 Å². The quantitative estimate of drug-likeness (QED) is 0.574. The summed E-state index contributed by atoms with van der Waals surface area (Å²) in [7, 11) is -9.84. The maximum atomic E-state index is 14.0. The minimum absolute atomic E-state index is 0.170. The molecule has 2 aromatic carbocycles. The SMILES string of the molecule is N#Cc1ccc(F)cc1C1(S(=O)(=O)c2ccc(Cl)cc2)CC(CS(=O)(=O)C(F)(F)F)C1. The van der Waals surface area contributed by atoms with E-state index in [0.29, 0.717) is 0 Å². The van der Waals surface area contributed by atoms with Gasteiger partial charge in [-0.25, -0.2) is 21.2 Å². The molecule has 12 heteroatoms. The molecule has 0 bridgehead atoms. The van der Waals surface area contributed by atoms with Crippen LogP contribution in [0.4, 0.5) is 17.6 Å². The van der Waals surface area contributed by atoms with Gasteiger partial charge in [0.15, 0.2) is 9.84 Å². The Bertz CT molecular complexity index is 1260. The molecule has 31 heavy (non-hydrogen) atoms. The van der Waals surface area contributed by atoms with Crippen LogP contribution in [0, 0.1) is 23.1 Å². The molecule has 0 saturated heterocycles. The highest BCUT2D eigenvalue weighted by Gasteiger charge is 2.59. The Hall–Kier alpha value is -2.16. The van der Waals surface area contributed by atoms with Crippen LogP contribution in [0.25, 0.3) is 0 Å². The summed E-state index contributed by atoms with van der Waals surface area (Å²) in [6.07, 6.45) is -1.04. The van der Waals surface area contributed by atoms with Gasteiger partial charge < -0.3 is 0 Å². The highest BCUT2D eigenvalue weighted by atomic mass is 35.5. The number of nitriles is 1. The lowest BCUT2D eigenvalue weighted by molar-refractivity contribution is -0.0442. The minimum Gasteiger partial charge on any atom is -0.223 e. The summed E-state index contributed by atoms with van der Waals surface area (Å²) in [5, 5.41) is 9.63. The van der Waals surface area contributed by atoms with Crippen LogP contribution >= 0.6 is 11.6 Å². The van der Waals surface area contributed by atoms with Gasteiger partial charge in [0.25, 0.3) is 0 Å². The van der Waals surface area contributed by atoms with Crippen LogP contribution in [0.2, 0.25) is 5.02 Å². The lowest BCUT2D eigenvalue weighted by Crippen LogP contribution is -2.51. The molecular formula is C19H14ClF4NO4S2. The van der Waals surface area contributed by atoms with Crippen molar-refractivity contribution in [2.45, 2.75) is 28.0 Å². The molecule has 1 fully saturated rings. The molecule has 0 spiro atoms. The maximum absolute atomic E-state index is 14.0. The summed E-state index contributed by atoms with van der Waals surface area (Å²) in [4.78, 5) is -0.234. The van der Waals surface area contributed by atoms with E-state index >= 15 is 0 Å². The first-order valence-electron chi connectivity index (χ1n) is 8.73. The zero-order chi connectivity index (χ0) is 23.2. The molecule has 0 atom stereocenters. The number of nitrogens with zero attached hydrogens (tertiary/aromatic N) is 1. The van der Waals surface area contributed by atoms with Crippen molar-refractivity contribution in [1.82, 2.24) is 0 Å². The van der Waals surface area contributed by atoms with Gasteiger partial charge >= 0.3 is 5.51 Å². The van der Waals surface area contributed by atoms with Gasteiger partial charge in [0.2, 0.25) is 9.84 Å². The third kappa shape index (κ3) is 4.04. The van der Waals surface area contributed by atoms with Gasteiger partial charge in [-0.1, -0.05) is 11.6 Å². The first kappa shape index (κ1) is 23.5. The van der Waals surface area contributed by atoms with Gasteiger partial charge in [0.05, 0.1) is 22.3 Å². The number of hydrogen-bond acceptors (Lipinski definition) is 5. The van der Waals surface area contributed by atoms with Crippen LogP contribution in [0.15, 0.2) is 47.4 Å². The van der Waals surface area contributed by atoms with Crippen LogP contribution in [-0.4, -0.2) is 28.1 Å². The lowest BCUT2D eigenvalue weighted by atomic mass is 9.70. The van der Waals surface area contributed by atoms with Gasteiger partial charge in [-0.05, 0) is 66.8 Å². The summed E-state index contributed by atoms with van der Waals surface area (Å²) >= 11 is 5.79. The molecule has 3 rings (SSSR count). The van der Waals surface area contributed by atoms with Crippen molar-refractivity contribution in [3.8, 4) is 6.07 Å². The van der Waals surface area contributed by atoms with Crippen molar-refractivity contribution in [2.75, 3.05) is 5.75 Å². The molecule has 0 N–H and O–H groups in total. The molecule has 2 aromatic rings. The first-order valence-corrected chi connectivity index (χ1v) is 12.2. The Morgan fingerprint density at radius 2 is 1.65 bits per heavy atom. The predicted molar refractivity (Wildman–Crippen MR) is 104 cm³/mol. The van der Waals surface area contributed by atoms with Crippen LogP contribution in [0.3, 0.4) is 0 Å². The van der Waals surface area contributed by atoms with Gasteiger partial charge in [-0.15, -0.1) is 0 Å². The van der Waals surface area contributed by atoms with E-state index in [1.54, 1.807) is 6.07 Å². The van der Waals surface area contributed by atoms with E-state index in [0.717, 1.165) is 18.2 Å². The predicted octanol–water partition coefficient (Wildman–Crippen LogP) is 4.36. The second kappa shape index (κ2) is 7.76. The third-order valence-electron chi connectivity index (χ3n) is 5.28. The Balaban J connectivity index is 2.12. The van der Waals surface area contributed by atoms with Crippen molar-refractivity contribution >= 4 is 31.3 Å². The van der Waals surface area contributed by atoms with Crippen molar-refractivity contribution < 1.29 is 34.4 Å². The molecule has 1 saturated carbocycles. The normalized spacial score (nSPS) is 21.9. The van der Waals surface area contributed by atoms with Crippen LogP contribution < -0.4 is 0 Å². The molecule has 0 radical (unpaired) electrons. The highest BCUT2D eigenvalue weighted by Crippen LogP contribution is 2.55. The maximum Gasteiger partial charge on any atom is 0.497 e. The molecule has 5 nitrogen and oxygen atoms in total. The van der Waals surface area contributed by atoms with Gasteiger partial charge in [-0.2, -0.15) is 18.4 Å². The van der Waals surface area contributed by atoms with Crippen LogP contribution in [0.1, 0.15) is 24.0 Å². The monoisotopic (exact) mass is 495 g/mol. The molecule has 0 unspecified atom stereocenters. The topological polar surface area (TPSA) is 92.1 Å². The summed E-state index contributed by atoms with van der Waals surface area (Å²) in [6, 6.07) is 9.60. The second-order valence-electron chi connectivity index (χ2n) is 7.25. The second-order valence-corrected chi connectivity index (χ2v) is 12.0. The van der Waals surface area contributed by atoms with Crippen molar-refractivity contribution in [3.05, 3.63) is 64.4 Å². The zero-order valence-corrected chi connectivity index (χ0v) is 17.9. The van der Waals surface area contributed by atoms with Crippen LogP contribution in [0.5, 0.6) is 0 Å². The fourth-order valence-corrected chi connectivity index (χ4v) is 7.30. The van der Waals surface area contributed by atoms with E-state index in [2.05, 4.69) is 0 Å². The zero-order valence-electron chi connectivity index (χ0n) is 15.5. The smallest absolute Gasteiger partial charge is 0.223 e. The molecule has 1 aliphatic carbocycles. The number of alkyl halides is 3. The molecule has 1 aliphatic rings. The van der Waals surface area contributed by atoms with E-state index in [1.165, 1.54) is 24.3 Å². The lowest BCUT2D eigenvalue weighted by Gasteiger charge is -2.47. The average Bonchev–Trinajstić information content (AvgIpc) is 2.63. The van der Waals surface area contributed by atoms with E-state index in [-0.39, 0.29) is 21.0 Å². The van der Waals surface area contributed by atoms with E-state index in [1.807, 2.05) is 0 Å². The largest absolute Gasteiger partial charge is 0.497 e. The fraction of sp³-hybridized carbons (Fsp3) is 0.316. The molecule has 0 aliphatic heterocycles. The Morgan fingerprint density at radius 3 is 2.16 bits per heavy atom. The standard InChI is InChI=1S/C19H14ClF4NO4S2/c20-14-2-5-16(6-3-14)31(28,29)18(17-7-15(21)4-1-13(17)10-25)8-12(9-18)11-30(26,27)19(22,23)24/h1-7,12H,8-9,11H2.